The van der Waals surface area contributed by atoms with Crippen molar-refractivity contribution in [2.75, 3.05) is 27.2 Å². The Hall–Kier alpha value is -0.600. The maximum atomic E-state index is 12.2. The number of esters is 1. The molecule has 0 aliphatic carbocycles. The molecule has 0 atom stereocenters. The number of thiophene rings is 1. The first kappa shape index (κ1) is 19.2. The summed E-state index contributed by atoms with van der Waals surface area (Å²) in [7, 11) is 3.50. The third kappa shape index (κ3) is 4.06. The van der Waals surface area contributed by atoms with Gasteiger partial charge in [0.2, 0.25) is 0 Å². The molecular formula is C18H16Cl2INO2S. The van der Waals surface area contributed by atoms with Crippen LogP contribution in [0.15, 0.2) is 24.3 Å². The second-order valence-corrected chi connectivity index (χ2v) is 9.64. The molecule has 1 aromatic heterocycles. The maximum Gasteiger partial charge on any atom is 0.348 e. The summed E-state index contributed by atoms with van der Waals surface area (Å²) in [6.45, 7) is 1.70. The van der Waals surface area contributed by atoms with Gasteiger partial charge < -0.3 is 9.64 Å². The lowest BCUT2D eigenvalue weighted by molar-refractivity contribution is 0.0606. The van der Waals surface area contributed by atoms with Crippen LogP contribution in [-0.2, 0) is 4.74 Å². The van der Waals surface area contributed by atoms with Crippen molar-refractivity contribution < 1.29 is 9.53 Å². The lowest BCUT2D eigenvalue weighted by Gasteiger charge is -2.29. The Kier molecular flexibility index (Phi) is 6.11. The molecule has 0 saturated carbocycles. The van der Waals surface area contributed by atoms with Crippen molar-refractivity contribution in [1.29, 1.82) is 0 Å². The number of carbonyl (C=O) groups is 1. The normalized spacial score (nSPS) is 15.6. The van der Waals surface area contributed by atoms with Crippen LogP contribution in [-0.4, -0.2) is 38.1 Å². The molecule has 0 spiro atoms. The standard InChI is InChI=1S/C18H16Cl2INO2S/c1-22-6-5-11(13-8-16(21)25-17(13)18(23)24-2)14(9-22)12-4-3-10(19)7-15(12)20/h3-4,7-8H,5-6,9H2,1-2H3. The van der Waals surface area contributed by atoms with Crippen molar-refractivity contribution in [3.63, 3.8) is 0 Å². The Bertz CT molecular complexity index is 863. The number of benzene rings is 1. The van der Waals surface area contributed by atoms with E-state index in [1.165, 1.54) is 18.4 Å². The lowest BCUT2D eigenvalue weighted by Crippen LogP contribution is -2.27. The smallest absolute Gasteiger partial charge is 0.348 e. The van der Waals surface area contributed by atoms with Crippen LogP contribution in [0.1, 0.15) is 27.2 Å². The predicted octanol–water partition coefficient (Wildman–Crippen LogP) is 5.69. The Balaban J connectivity index is 2.21. The fourth-order valence-corrected chi connectivity index (χ4v) is 5.33. The lowest BCUT2D eigenvalue weighted by atomic mass is 9.89. The molecule has 2 aromatic rings. The van der Waals surface area contributed by atoms with Crippen LogP contribution >= 0.6 is 57.1 Å². The maximum absolute atomic E-state index is 12.2. The highest BCUT2D eigenvalue weighted by atomic mass is 127. The summed E-state index contributed by atoms with van der Waals surface area (Å²) >= 11 is 16.2. The first-order valence-corrected chi connectivity index (χ1v) is 10.3. The minimum Gasteiger partial charge on any atom is -0.465 e. The minimum atomic E-state index is -0.295. The Morgan fingerprint density at radius 3 is 2.68 bits per heavy atom. The summed E-state index contributed by atoms with van der Waals surface area (Å²) in [6.07, 6.45) is 0.849. The summed E-state index contributed by atoms with van der Waals surface area (Å²) in [5.74, 6) is -0.295. The van der Waals surface area contributed by atoms with E-state index in [0.29, 0.717) is 14.9 Å². The van der Waals surface area contributed by atoms with Crippen molar-refractivity contribution in [2.45, 2.75) is 6.42 Å². The second kappa shape index (κ2) is 7.96. The fourth-order valence-electron chi connectivity index (χ4n) is 3.01. The zero-order chi connectivity index (χ0) is 18.1. The number of rotatable bonds is 3. The number of hydrogen-bond acceptors (Lipinski definition) is 4. The number of halogens is 3. The summed E-state index contributed by atoms with van der Waals surface area (Å²) in [6, 6.07) is 7.62. The molecule has 7 heteroatoms. The van der Waals surface area contributed by atoms with E-state index in [2.05, 4.69) is 40.6 Å². The molecule has 0 fully saturated rings. The molecule has 1 aromatic carbocycles. The monoisotopic (exact) mass is 507 g/mol. The fraction of sp³-hybridized carbons (Fsp3) is 0.278. The number of nitrogens with zero attached hydrogens (tertiary/aromatic N) is 1. The number of likely N-dealkylation sites (N-methyl/N-ethyl adjacent to an activating group) is 1. The van der Waals surface area contributed by atoms with Gasteiger partial charge in [0.1, 0.15) is 4.88 Å². The zero-order valence-corrected chi connectivity index (χ0v) is 18.2. The van der Waals surface area contributed by atoms with E-state index >= 15 is 0 Å². The van der Waals surface area contributed by atoms with Gasteiger partial charge in [-0.3, -0.25) is 0 Å². The molecule has 1 aliphatic rings. The summed E-state index contributed by atoms with van der Waals surface area (Å²) in [5, 5.41) is 1.24. The first-order chi connectivity index (χ1) is 11.9. The SMILES string of the molecule is COC(=O)c1sc(I)cc1C1=C(c2ccc(Cl)cc2Cl)CN(C)CC1. The van der Waals surface area contributed by atoms with E-state index < -0.39 is 0 Å². The van der Waals surface area contributed by atoms with Crippen molar-refractivity contribution in [2.24, 2.45) is 0 Å². The van der Waals surface area contributed by atoms with Crippen LogP contribution in [0, 0.1) is 2.88 Å². The number of hydrogen-bond donors (Lipinski definition) is 0. The van der Waals surface area contributed by atoms with Crippen molar-refractivity contribution in [3.8, 4) is 0 Å². The van der Waals surface area contributed by atoms with E-state index in [-0.39, 0.29) is 5.97 Å². The Morgan fingerprint density at radius 1 is 1.24 bits per heavy atom. The highest BCUT2D eigenvalue weighted by Crippen LogP contribution is 2.40. The van der Waals surface area contributed by atoms with Crippen molar-refractivity contribution in [3.05, 3.63) is 53.2 Å². The van der Waals surface area contributed by atoms with Gasteiger partial charge in [-0.2, -0.15) is 0 Å². The Labute approximate surface area is 174 Å². The topological polar surface area (TPSA) is 29.5 Å². The van der Waals surface area contributed by atoms with Crippen LogP contribution < -0.4 is 0 Å². The van der Waals surface area contributed by atoms with Crippen LogP contribution in [0.25, 0.3) is 11.1 Å². The number of ether oxygens (including phenoxy) is 1. The van der Waals surface area contributed by atoms with Crippen LogP contribution in [0.4, 0.5) is 0 Å². The van der Waals surface area contributed by atoms with Gasteiger partial charge in [-0.05, 0) is 71.0 Å². The number of methoxy groups -OCH3 is 1. The zero-order valence-electron chi connectivity index (χ0n) is 13.7. The molecule has 0 N–H and O–H groups in total. The second-order valence-electron chi connectivity index (χ2n) is 5.85. The van der Waals surface area contributed by atoms with Gasteiger partial charge in [0.15, 0.2) is 0 Å². The van der Waals surface area contributed by atoms with Crippen LogP contribution in [0.5, 0.6) is 0 Å². The molecule has 132 valence electrons. The predicted molar refractivity (Wildman–Crippen MR) is 114 cm³/mol. The summed E-state index contributed by atoms with van der Waals surface area (Å²) in [4.78, 5) is 15.1. The van der Waals surface area contributed by atoms with Gasteiger partial charge >= 0.3 is 5.97 Å². The van der Waals surface area contributed by atoms with Gasteiger partial charge in [0.25, 0.3) is 0 Å². The van der Waals surface area contributed by atoms with E-state index in [1.54, 1.807) is 6.07 Å². The number of carbonyl (C=O) groups excluding carboxylic acids is 1. The molecule has 1 aliphatic heterocycles. The molecule has 25 heavy (non-hydrogen) atoms. The summed E-state index contributed by atoms with van der Waals surface area (Å²) in [5.41, 5.74) is 4.21. The largest absolute Gasteiger partial charge is 0.465 e. The molecule has 0 bridgehead atoms. The van der Waals surface area contributed by atoms with Gasteiger partial charge in [-0.25, -0.2) is 4.79 Å². The highest BCUT2D eigenvalue weighted by molar-refractivity contribution is 14.1. The third-order valence-electron chi connectivity index (χ3n) is 4.19. The quantitative estimate of drug-likeness (QED) is 0.394. The van der Waals surface area contributed by atoms with E-state index in [4.69, 9.17) is 27.9 Å². The van der Waals surface area contributed by atoms with Gasteiger partial charge in [0, 0.05) is 28.7 Å². The molecule has 3 nitrogen and oxygen atoms in total. The average Bonchev–Trinajstić information content (AvgIpc) is 2.95. The molecule has 0 unspecified atom stereocenters. The van der Waals surface area contributed by atoms with Crippen LogP contribution in [0.2, 0.25) is 10.0 Å². The first-order valence-electron chi connectivity index (χ1n) is 7.64. The molecule has 0 radical (unpaired) electrons. The molecule has 2 heterocycles. The molecule has 3 rings (SSSR count). The van der Waals surface area contributed by atoms with Crippen molar-refractivity contribution >= 4 is 74.2 Å². The van der Waals surface area contributed by atoms with E-state index in [0.717, 1.165) is 44.7 Å². The highest BCUT2D eigenvalue weighted by Gasteiger charge is 2.26. The van der Waals surface area contributed by atoms with E-state index in [1.807, 2.05) is 12.1 Å². The molecule has 0 amide bonds. The third-order valence-corrected chi connectivity index (χ3v) is 6.61. The van der Waals surface area contributed by atoms with Crippen LogP contribution in [0.3, 0.4) is 0 Å². The van der Waals surface area contributed by atoms with E-state index in [9.17, 15) is 4.79 Å². The minimum absolute atomic E-state index is 0.295. The van der Waals surface area contributed by atoms with Gasteiger partial charge in [-0.15, -0.1) is 11.3 Å². The van der Waals surface area contributed by atoms with Crippen molar-refractivity contribution in [1.82, 2.24) is 4.90 Å². The molecular weight excluding hydrogens is 492 g/mol. The summed E-state index contributed by atoms with van der Waals surface area (Å²) < 4.78 is 6.03. The van der Waals surface area contributed by atoms with Gasteiger partial charge in [0.05, 0.1) is 9.99 Å². The average molecular weight is 508 g/mol. The molecule has 0 saturated heterocycles. The van der Waals surface area contributed by atoms with Gasteiger partial charge in [-0.1, -0.05) is 29.3 Å². The Morgan fingerprint density at radius 2 is 2.00 bits per heavy atom.